The highest BCUT2D eigenvalue weighted by atomic mass is 32.2. The third-order valence-corrected chi connectivity index (χ3v) is 3.25. The van der Waals surface area contributed by atoms with E-state index in [1.54, 1.807) is 0 Å². The van der Waals surface area contributed by atoms with E-state index in [1.807, 2.05) is 17.8 Å². The summed E-state index contributed by atoms with van der Waals surface area (Å²) in [5.41, 5.74) is 1.25. The van der Waals surface area contributed by atoms with Gasteiger partial charge in [0.1, 0.15) is 0 Å². The van der Waals surface area contributed by atoms with Crippen molar-refractivity contribution in [2.75, 3.05) is 25.2 Å². The van der Waals surface area contributed by atoms with Gasteiger partial charge < -0.3 is 9.84 Å². The Hall–Kier alpha value is -0.510. The smallest absolute Gasteiger partial charge is 0.0915 e. The maximum absolute atomic E-state index is 8.69. The summed E-state index contributed by atoms with van der Waals surface area (Å²) in [6.07, 6.45) is 5.24. The molecule has 1 rings (SSSR count). The highest BCUT2D eigenvalue weighted by molar-refractivity contribution is 7.98. The van der Waals surface area contributed by atoms with Crippen molar-refractivity contribution in [2.45, 2.75) is 25.4 Å². The molecule has 0 saturated heterocycles. The molecule has 17 heavy (non-hydrogen) atoms. The van der Waals surface area contributed by atoms with Crippen molar-refractivity contribution in [3.05, 3.63) is 35.9 Å². The lowest BCUT2D eigenvalue weighted by molar-refractivity contribution is 0.0654. The average molecular weight is 254 g/mol. The first kappa shape index (κ1) is 14.6. The van der Waals surface area contributed by atoms with E-state index in [9.17, 15) is 0 Å². The topological polar surface area (TPSA) is 29.5 Å². The van der Waals surface area contributed by atoms with Crippen LogP contribution in [0.2, 0.25) is 0 Å². The van der Waals surface area contributed by atoms with Crippen molar-refractivity contribution < 1.29 is 9.84 Å². The van der Waals surface area contributed by atoms with Crippen LogP contribution in [0, 0.1) is 0 Å². The second-order valence-electron chi connectivity index (χ2n) is 4.01. The highest BCUT2D eigenvalue weighted by Crippen LogP contribution is 2.21. The molecular weight excluding hydrogens is 232 g/mol. The molecule has 1 N–H and O–H groups in total. The van der Waals surface area contributed by atoms with Crippen LogP contribution in [0.3, 0.4) is 0 Å². The van der Waals surface area contributed by atoms with E-state index in [1.165, 1.54) is 5.56 Å². The molecule has 0 spiro atoms. The van der Waals surface area contributed by atoms with Gasteiger partial charge in [0.15, 0.2) is 0 Å². The quantitative estimate of drug-likeness (QED) is 0.686. The molecule has 2 nitrogen and oxygen atoms in total. The Morgan fingerprint density at radius 1 is 1.18 bits per heavy atom. The third-order valence-electron chi connectivity index (χ3n) is 2.61. The van der Waals surface area contributed by atoms with E-state index in [2.05, 4.69) is 30.5 Å². The average Bonchev–Trinajstić information content (AvgIpc) is 2.38. The van der Waals surface area contributed by atoms with E-state index in [-0.39, 0.29) is 12.7 Å². The number of hydrogen-bond acceptors (Lipinski definition) is 3. The van der Waals surface area contributed by atoms with E-state index in [0.717, 1.165) is 31.6 Å². The molecule has 0 aliphatic heterocycles. The summed E-state index contributed by atoms with van der Waals surface area (Å²) in [4.78, 5) is 0. The normalized spacial score (nSPS) is 12.6. The fourth-order valence-electron chi connectivity index (χ4n) is 1.68. The second kappa shape index (κ2) is 9.51. The molecule has 96 valence electrons. The van der Waals surface area contributed by atoms with Crippen LogP contribution >= 0.6 is 11.8 Å². The molecule has 1 aromatic carbocycles. The van der Waals surface area contributed by atoms with Gasteiger partial charge in [0.05, 0.1) is 6.10 Å². The molecule has 3 heteroatoms. The van der Waals surface area contributed by atoms with Gasteiger partial charge >= 0.3 is 0 Å². The van der Waals surface area contributed by atoms with E-state index in [4.69, 9.17) is 9.84 Å². The summed E-state index contributed by atoms with van der Waals surface area (Å²) >= 11 is 1.81. The first-order chi connectivity index (χ1) is 8.38. The minimum absolute atomic E-state index is 0.195. The number of rotatable bonds is 9. The summed E-state index contributed by atoms with van der Waals surface area (Å²) in [6, 6.07) is 10.4. The first-order valence-electron chi connectivity index (χ1n) is 6.15. The van der Waals surface area contributed by atoms with Crippen molar-refractivity contribution in [2.24, 2.45) is 0 Å². The largest absolute Gasteiger partial charge is 0.396 e. The van der Waals surface area contributed by atoms with E-state index < -0.39 is 0 Å². The monoisotopic (exact) mass is 254 g/mol. The molecule has 0 aromatic heterocycles. The minimum atomic E-state index is 0.195. The molecule has 0 aliphatic rings. The molecule has 0 saturated carbocycles. The van der Waals surface area contributed by atoms with Crippen molar-refractivity contribution >= 4 is 11.8 Å². The van der Waals surface area contributed by atoms with E-state index in [0.29, 0.717) is 0 Å². The molecule has 0 amide bonds. The van der Waals surface area contributed by atoms with Gasteiger partial charge in [-0.3, -0.25) is 0 Å². The SMILES string of the molecule is CSCC(OCCCCCO)c1ccccc1. The molecule has 1 aromatic rings. The van der Waals surface area contributed by atoms with Crippen LogP contribution in [-0.2, 0) is 4.74 Å². The fourth-order valence-corrected chi connectivity index (χ4v) is 2.27. The molecule has 0 bridgehead atoms. The number of thioether (sulfide) groups is 1. The Bertz CT molecular complexity index is 277. The zero-order valence-corrected chi connectivity index (χ0v) is 11.3. The molecule has 0 fully saturated rings. The minimum Gasteiger partial charge on any atom is -0.396 e. The number of hydrogen-bond donors (Lipinski definition) is 1. The number of unbranched alkanes of at least 4 members (excludes halogenated alkanes) is 2. The summed E-state index contributed by atoms with van der Waals surface area (Å²) in [6.45, 7) is 1.06. The maximum atomic E-state index is 8.69. The van der Waals surface area contributed by atoms with Crippen molar-refractivity contribution in [3.63, 3.8) is 0 Å². The number of ether oxygens (including phenoxy) is 1. The van der Waals surface area contributed by atoms with Crippen molar-refractivity contribution in [1.82, 2.24) is 0 Å². The summed E-state index contributed by atoms with van der Waals surface area (Å²) in [7, 11) is 0. The lowest BCUT2D eigenvalue weighted by Crippen LogP contribution is -2.08. The first-order valence-corrected chi connectivity index (χ1v) is 7.54. The Balaban J connectivity index is 2.33. The predicted molar refractivity (Wildman–Crippen MR) is 74.5 cm³/mol. The molecule has 1 unspecified atom stereocenters. The number of aliphatic hydroxyl groups excluding tert-OH is 1. The number of aliphatic hydroxyl groups is 1. The Labute approximate surface area is 108 Å². The van der Waals surface area contributed by atoms with Gasteiger partial charge in [-0.15, -0.1) is 0 Å². The lowest BCUT2D eigenvalue weighted by Gasteiger charge is -2.17. The van der Waals surface area contributed by atoms with Gasteiger partial charge in [0, 0.05) is 19.0 Å². The molecule has 1 atom stereocenters. The van der Waals surface area contributed by atoms with Gasteiger partial charge in [-0.05, 0) is 31.1 Å². The highest BCUT2D eigenvalue weighted by Gasteiger charge is 2.10. The van der Waals surface area contributed by atoms with Gasteiger partial charge in [-0.25, -0.2) is 0 Å². The summed E-state index contributed by atoms with van der Waals surface area (Å²) in [5, 5.41) is 8.69. The van der Waals surface area contributed by atoms with Crippen molar-refractivity contribution in [1.29, 1.82) is 0 Å². The van der Waals surface area contributed by atoms with Gasteiger partial charge in [-0.2, -0.15) is 11.8 Å². The Kier molecular flexibility index (Phi) is 8.14. The number of benzene rings is 1. The standard InChI is InChI=1S/C14H22O2S/c1-17-12-14(13-8-4-2-5-9-13)16-11-7-3-6-10-15/h2,4-5,8-9,14-15H,3,6-7,10-12H2,1H3. The van der Waals surface area contributed by atoms with Crippen molar-refractivity contribution in [3.8, 4) is 0 Å². The van der Waals surface area contributed by atoms with Gasteiger partial charge in [0.2, 0.25) is 0 Å². The van der Waals surface area contributed by atoms with E-state index >= 15 is 0 Å². The fraction of sp³-hybridized carbons (Fsp3) is 0.571. The van der Waals surface area contributed by atoms with Gasteiger partial charge in [0.25, 0.3) is 0 Å². The maximum Gasteiger partial charge on any atom is 0.0915 e. The zero-order chi connectivity index (χ0) is 12.3. The Morgan fingerprint density at radius 3 is 2.59 bits per heavy atom. The second-order valence-corrected chi connectivity index (χ2v) is 4.92. The summed E-state index contributed by atoms with van der Waals surface area (Å²) in [5.74, 6) is 0.990. The van der Waals surface area contributed by atoms with Crippen LogP contribution in [0.5, 0.6) is 0 Å². The van der Waals surface area contributed by atoms with Crippen LogP contribution in [-0.4, -0.2) is 30.3 Å². The van der Waals surface area contributed by atoms with Crippen LogP contribution in [0.1, 0.15) is 30.9 Å². The Morgan fingerprint density at radius 2 is 1.94 bits per heavy atom. The lowest BCUT2D eigenvalue weighted by atomic mass is 10.1. The van der Waals surface area contributed by atoms with Crippen LogP contribution < -0.4 is 0 Å². The zero-order valence-electron chi connectivity index (χ0n) is 10.5. The van der Waals surface area contributed by atoms with Crippen LogP contribution in [0.25, 0.3) is 0 Å². The van der Waals surface area contributed by atoms with Gasteiger partial charge in [-0.1, -0.05) is 30.3 Å². The summed E-state index contributed by atoms with van der Waals surface area (Å²) < 4.78 is 5.91. The van der Waals surface area contributed by atoms with Crippen LogP contribution in [0.4, 0.5) is 0 Å². The predicted octanol–water partition coefficient (Wildman–Crippen LogP) is 3.27. The van der Waals surface area contributed by atoms with Crippen LogP contribution in [0.15, 0.2) is 30.3 Å². The molecular formula is C14H22O2S. The third kappa shape index (κ3) is 6.10. The molecule has 0 aliphatic carbocycles. The molecule has 0 heterocycles. The molecule has 0 radical (unpaired) electrons.